The van der Waals surface area contributed by atoms with E-state index in [1.54, 1.807) is 0 Å². The first-order valence-corrected chi connectivity index (χ1v) is 7.41. The summed E-state index contributed by atoms with van der Waals surface area (Å²) in [5, 5.41) is 3.50. The van der Waals surface area contributed by atoms with Gasteiger partial charge in [0.2, 0.25) is 0 Å². The topological polar surface area (TPSA) is 24.5 Å². The van der Waals surface area contributed by atoms with Gasteiger partial charge >= 0.3 is 0 Å². The molecule has 2 rings (SSSR count). The summed E-state index contributed by atoms with van der Waals surface area (Å²) in [7, 11) is 0. The van der Waals surface area contributed by atoms with Gasteiger partial charge in [-0.1, -0.05) is 6.92 Å². The molecule has 1 heterocycles. The molecule has 2 aliphatic rings. The van der Waals surface area contributed by atoms with E-state index in [9.17, 15) is 0 Å². The molecule has 2 fully saturated rings. The van der Waals surface area contributed by atoms with Crippen LogP contribution >= 0.6 is 0 Å². The largest absolute Gasteiger partial charge is 0.378 e. The Bertz CT molecular complexity index is 214. The molecule has 1 saturated heterocycles. The second-order valence-corrected chi connectivity index (χ2v) is 5.40. The molecule has 2 atom stereocenters. The zero-order valence-corrected chi connectivity index (χ0v) is 11.5. The summed E-state index contributed by atoms with van der Waals surface area (Å²) < 4.78 is 5.72. The lowest BCUT2D eigenvalue weighted by molar-refractivity contribution is -0.0222. The Morgan fingerprint density at radius 2 is 1.88 bits per heavy atom. The third-order valence-corrected chi connectivity index (χ3v) is 4.38. The first-order valence-electron chi connectivity index (χ1n) is 7.41. The fourth-order valence-corrected chi connectivity index (χ4v) is 3.21. The minimum absolute atomic E-state index is 0.531. The first-order chi connectivity index (χ1) is 8.35. The quantitative estimate of drug-likeness (QED) is 0.767. The predicted octanol–water partition coefficient (Wildman–Crippen LogP) is 1.88. The van der Waals surface area contributed by atoms with Gasteiger partial charge in [0.15, 0.2) is 0 Å². The molecule has 0 bridgehead atoms. The standard InChI is InChI=1S/C14H28N2O/c1-3-15-11-12-5-6-14(12)16-9-7-13(8-10-16)17-4-2/h12-15H,3-11H2,1-2H3. The highest BCUT2D eigenvalue weighted by Crippen LogP contribution is 2.33. The van der Waals surface area contributed by atoms with Gasteiger partial charge in [0, 0.05) is 25.7 Å². The van der Waals surface area contributed by atoms with E-state index in [2.05, 4.69) is 24.1 Å². The van der Waals surface area contributed by atoms with Crippen LogP contribution in [0.1, 0.15) is 39.5 Å². The van der Waals surface area contributed by atoms with Crippen LogP contribution in [0.5, 0.6) is 0 Å². The summed E-state index contributed by atoms with van der Waals surface area (Å²) >= 11 is 0. The van der Waals surface area contributed by atoms with Crippen molar-refractivity contribution in [2.75, 3.05) is 32.8 Å². The number of likely N-dealkylation sites (tertiary alicyclic amines) is 1. The normalized spacial score (nSPS) is 31.4. The molecule has 1 aliphatic heterocycles. The van der Waals surface area contributed by atoms with E-state index in [1.807, 2.05) is 0 Å². The molecule has 0 spiro atoms. The Hall–Kier alpha value is -0.120. The summed E-state index contributed by atoms with van der Waals surface area (Å²) in [4.78, 5) is 2.71. The second-order valence-electron chi connectivity index (χ2n) is 5.40. The van der Waals surface area contributed by atoms with Gasteiger partial charge in [-0.2, -0.15) is 0 Å². The third kappa shape index (κ3) is 3.43. The van der Waals surface area contributed by atoms with Crippen molar-refractivity contribution >= 4 is 0 Å². The Labute approximate surface area is 106 Å². The molecule has 0 aromatic heterocycles. The average molecular weight is 240 g/mol. The second kappa shape index (κ2) is 6.72. The third-order valence-electron chi connectivity index (χ3n) is 4.38. The molecule has 0 aromatic rings. The summed E-state index contributed by atoms with van der Waals surface area (Å²) in [6.07, 6.45) is 5.83. The molecule has 1 N–H and O–H groups in total. The molecular formula is C14H28N2O. The molecule has 1 aliphatic carbocycles. The van der Waals surface area contributed by atoms with Crippen molar-refractivity contribution < 1.29 is 4.74 Å². The summed E-state index contributed by atoms with van der Waals surface area (Å²) in [6.45, 7) is 9.99. The van der Waals surface area contributed by atoms with E-state index in [-0.39, 0.29) is 0 Å². The SMILES string of the molecule is CCNCC1CCC1N1CCC(OCC)CC1. The number of hydrogen-bond acceptors (Lipinski definition) is 3. The lowest BCUT2D eigenvalue weighted by Gasteiger charge is -2.47. The Kier molecular flexibility index (Phi) is 5.26. The number of ether oxygens (including phenoxy) is 1. The maximum absolute atomic E-state index is 5.72. The molecule has 1 saturated carbocycles. The number of hydrogen-bond donors (Lipinski definition) is 1. The summed E-state index contributed by atoms with van der Waals surface area (Å²) in [6, 6.07) is 0.858. The molecule has 100 valence electrons. The lowest BCUT2D eigenvalue weighted by atomic mass is 9.77. The maximum atomic E-state index is 5.72. The van der Waals surface area contributed by atoms with Crippen molar-refractivity contribution in [3.05, 3.63) is 0 Å². The molecule has 0 amide bonds. The molecule has 0 aromatic carbocycles. The van der Waals surface area contributed by atoms with Crippen molar-refractivity contribution in [2.24, 2.45) is 5.92 Å². The van der Waals surface area contributed by atoms with Crippen LogP contribution in [0.2, 0.25) is 0 Å². The monoisotopic (exact) mass is 240 g/mol. The van der Waals surface area contributed by atoms with Crippen LogP contribution in [0.3, 0.4) is 0 Å². The predicted molar refractivity (Wildman–Crippen MR) is 71.3 cm³/mol. The first kappa shape index (κ1) is 13.3. The number of rotatable bonds is 6. The van der Waals surface area contributed by atoms with Crippen LogP contribution < -0.4 is 5.32 Å². The van der Waals surface area contributed by atoms with Crippen LogP contribution in [0, 0.1) is 5.92 Å². The molecule has 3 heteroatoms. The Balaban J connectivity index is 1.69. The van der Waals surface area contributed by atoms with Gasteiger partial charge < -0.3 is 10.1 Å². The maximum Gasteiger partial charge on any atom is 0.0599 e. The Morgan fingerprint density at radius 1 is 1.12 bits per heavy atom. The lowest BCUT2D eigenvalue weighted by Crippen LogP contribution is -2.53. The van der Waals surface area contributed by atoms with E-state index in [0.29, 0.717) is 6.10 Å². The fourth-order valence-electron chi connectivity index (χ4n) is 3.21. The van der Waals surface area contributed by atoms with Crippen LogP contribution in [0.4, 0.5) is 0 Å². The van der Waals surface area contributed by atoms with Crippen molar-refractivity contribution in [1.82, 2.24) is 10.2 Å². The highest BCUT2D eigenvalue weighted by molar-refractivity contribution is 4.91. The molecular weight excluding hydrogens is 212 g/mol. The smallest absolute Gasteiger partial charge is 0.0599 e. The van der Waals surface area contributed by atoms with Gasteiger partial charge in [0.1, 0.15) is 0 Å². The van der Waals surface area contributed by atoms with Gasteiger partial charge in [-0.25, -0.2) is 0 Å². The number of piperidine rings is 1. The van der Waals surface area contributed by atoms with Gasteiger partial charge in [-0.15, -0.1) is 0 Å². The van der Waals surface area contributed by atoms with Crippen LogP contribution in [0.25, 0.3) is 0 Å². The van der Waals surface area contributed by atoms with E-state index in [0.717, 1.165) is 25.1 Å². The van der Waals surface area contributed by atoms with Crippen molar-refractivity contribution in [1.29, 1.82) is 0 Å². The van der Waals surface area contributed by atoms with Crippen LogP contribution in [0.15, 0.2) is 0 Å². The van der Waals surface area contributed by atoms with Crippen molar-refractivity contribution in [2.45, 2.75) is 51.7 Å². The zero-order valence-electron chi connectivity index (χ0n) is 11.5. The van der Waals surface area contributed by atoms with Gasteiger partial charge in [0.25, 0.3) is 0 Å². The highest BCUT2D eigenvalue weighted by atomic mass is 16.5. The van der Waals surface area contributed by atoms with E-state index in [4.69, 9.17) is 4.74 Å². The van der Waals surface area contributed by atoms with Crippen LogP contribution in [-0.2, 0) is 4.74 Å². The van der Waals surface area contributed by atoms with Gasteiger partial charge in [-0.05, 0) is 51.6 Å². The molecule has 0 radical (unpaired) electrons. The molecule has 2 unspecified atom stereocenters. The van der Waals surface area contributed by atoms with E-state index < -0.39 is 0 Å². The minimum atomic E-state index is 0.531. The van der Waals surface area contributed by atoms with Crippen molar-refractivity contribution in [3.8, 4) is 0 Å². The summed E-state index contributed by atoms with van der Waals surface area (Å²) in [5.41, 5.74) is 0. The highest BCUT2D eigenvalue weighted by Gasteiger charge is 2.36. The summed E-state index contributed by atoms with van der Waals surface area (Å²) in [5.74, 6) is 0.901. The fraction of sp³-hybridized carbons (Fsp3) is 1.00. The number of nitrogens with zero attached hydrogens (tertiary/aromatic N) is 1. The molecule has 17 heavy (non-hydrogen) atoms. The van der Waals surface area contributed by atoms with E-state index in [1.165, 1.54) is 45.3 Å². The number of nitrogens with one attached hydrogen (secondary N) is 1. The Morgan fingerprint density at radius 3 is 2.41 bits per heavy atom. The van der Waals surface area contributed by atoms with Gasteiger partial charge in [-0.3, -0.25) is 4.90 Å². The van der Waals surface area contributed by atoms with Crippen LogP contribution in [-0.4, -0.2) is 49.8 Å². The average Bonchev–Trinajstić information content (AvgIpc) is 2.31. The molecule has 3 nitrogen and oxygen atoms in total. The minimum Gasteiger partial charge on any atom is -0.378 e. The van der Waals surface area contributed by atoms with E-state index >= 15 is 0 Å². The van der Waals surface area contributed by atoms with Gasteiger partial charge in [0.05, 0.1) is 6.10 Å². The van der Waals surface area contributed by atoms with Crippen molar-refractivity contribution in [3.63, 3.8) is 0 Å². The zero-order chi connectivity index (χ0) is 12.1.